The predicted octanol–water partition coefficient (Wildman–Crippen LogP) is 4.04. The van der Waals surface area contributed by atoms with E-state index in [2.05, 4.69) is 23.1 Å². The Morgan fingerprint density at radius 2 is 1.65 bits per heavy atom. The summed E-state index contributed by atoms with van der Waals surface area (Å²) in [5.74, 6) is 0.938. The van der Waals surface area contributed by atoms with Crippen LogP contribution in [0.1, 0.15) is 56.9 Å². The van der Waals surface area contributed by atoms with Crippen molar-refractivity contribution in [3.63, 3.8) is 0 Å². The topological polar surface area (TPSA) is 45.5 Å². The molecule has 0 spiro atoms. The van der Waals surface area contributed by atoms with Gasteiger partial charge in [-0.2, -0.15) is 5.26 Å². The van der Waals surface area contributed by atoms with Crippen molar-refractivity contribution in [2.24, 2.45) is 0 Å². The lowest BCUT2D eigenvalue weighted by Crippen LogP contribution is -2.43. The molecule has 140 valence electrons. The SMILES string of the molecule is N#CC1(c2ccc(OC3CCN(C4CCCC4)CC3)cc2)CCOCC1. The molecule has 0 atom stereocenters. The lowest BCUT2D eigenvalue weighted by molar-refractivity contribution is 0.0674. The molecule has 2 saturated heterocycles. The van der Waals surface area contributed by atoms with Crippen LogP contribution in [-0.2, 0) is 10.2 Å². The second-order valence-electron chi connectivity index (χ2n) is 8.12. The molecule has 0 aromatic heterocycles. The highest BCUT2D eigenvalue weighted by Crippen LogP contribution is 2.35. The highest BCUT2D eigenvalue weighted by atomic mass is 16.5. The summed E-state index contributed by atoms with van der Waals surface area (Å²) in [6.07, 6.45) is 9.72. The van der Waals surface area contributed by atoms with Gasteiger partial charge in [0.2, 0.25) is 0 Å². The molecule has 26 heavy (non-hydrogen) atoms. The van der Waals surface area contributed by atoms with Gasteiger partial charge in [0.15, 0.2) is 0 Å². The summed E-state index contributed by atoms with van der Waals surface area (Å²) in [6, 6.07) is 11.6. The van der Waals surface area contributed by atoms with Gasteiger partial charge in [0, 0.05) is 32.3 Å². The first kappa shape index (κ1) is 17.8. The van der Waals surface area contributed by atoms with Gasteiger partial charge in [0.05, 0.1) is 11.5 Å². The minimum Gasteiger partial charge on any atom is -0.490 e. The summed E-state index contributed by atoms with van der Waals surface area (Å²) in [5, 5.41) is 9.70. The summed E-state index contributed by atoms with van der Waals surface area (Å²) in [6.45, 7) is 3.69. The van der Waals surface area contributed by atoms with E-state index in [0.29, 0.717) is 19.3 Å². The number of likely N-dealkylation sites (tertiary alicyclic amines) is 1. The van der Waals surface area contributed by atoms with Gasteiger partial charge in [-0.25, -0.2) is 0 Å². The highest BCUT2D eigenvalue weighted by molar-refractivity contribution is 5.37. The fourth-order valence-electron chi connectivity index (χ4n) is 4.86. The third kappa shape index (κ3) is 3.75. The maximum atomic E-state index is 9.70. The zero-order valence-electron chi connectivity index (χ0n) is 15.7. The second-order valence-corrected chi connectivity index (χ2v) is 8.12. The summed E-state index contributed by atoms with van der Waals surface area (Å²) < 4.78 is 11.7. The van der Waals surface area contributed by atoms with E-state index in [-0.39, 0.29) is 5.41 Å². The van der Waals surface area contributed by atoms with Gasteiger partial charge < -0.3 is 14.4 Å². The zero-order valence-corrected chi connectivity index (χ0v) is 15.7. The van der Waals surface area contributed by atoms with E-state index in [1.165, 1.54) is 38.8 Å². The van der Waals surface area contributed by atoms with E-state index >= 15 is 0 Å². The van der Waals surface area contributed by atoms with Crippen molar-refractivity contribution in [3.05, 3.63) is 29.8 Å². The molecular formula is C22H30N2O2. The average molecular weight is 354 g/mol. The average Bonchev–Trinajstić information content (AvgIpc) is 3.24. The Labute approximate surface area is 157 Å². The fraction of sp³-hybridized carbons (Fsp3) is 0.682. The maximum absolute atomic E-state index is 9.70. The van der Waals surface area contributed by atoms with Gasteiger partial charge in [0.1, 0.15) is 11.9 Å². The molecule has 0 radical (unpaired) electrons. The summed E-state index contributed by atoms with van der Waals surface area (Å²) in [7, 11) is 0. The molecule has 1 aromatic rings. The molecule has 2 heterocycles. The largest absolute Gasteiger partial charge is 0.490 e. The third-order valence-corrected chi connectivity index (χ3v) is 6.59. The van der Waals surface area contributed by atoms with Crippen molar-refractivity contribution in [2.45, 2.75) is 68.9 Å². The lowest BCUT2D eigenvalue weighted by Gasteiger charge is -2.36. The van der Waals surface area contributed by atoms with Crippen LogP contribution in [0.4, 0.5) is 0 Å². The van der Waals surface area contributed by atoms with Gasteiger partial charge >= 0.3 is 0 Å². The number of nitriles is 1. The lowest BCUT2D eigenvalue weighted by atomic mass is 9.75. The van der Waals surface area contributed by atoms with Gasteiger partial charge in [-0.1, -0.05) is 25.0 Å². The Kier molecular flexibility index (Phi) is 5.47. The molecule has 1 aliphatic carbocycles. The van der Waals surface area contributed by atoms with E-state index in [1.54, 1.807) is 0 Å². The summed E-state index contributed by atoms with van der Waals surface area (Å²) in [5.41, 5.74) is 0.718. The van der Waals surface area contributed by atoms with Crippen molar-refractivity contribution in [2.75, 3.05) is 26.3 Å². The Hall–Kier alpha value is -1.57. The van der Waals surface area contributed by atoms with Crippen LogP contribution in [0.5, 0.6) is 5.75 Å². The van der Waals surface area contributed by atoms with Crippen LogP contribution in [0.15, 0.2) is 24.3 Å². The minimum atomic E-state index is -0.386. The molecule has 3 aliphatic rings. The van der Waals surface area contributed by atoms with Gasteiger partial charge in [-0.3, -0.25) is 0 Å². The molecule has 1 saturated carbocycles. The van der Waals surface area contributed by atoms with E-state index in [1.807, 2.05) is 12.1 Å². The van der Waals surface area contributed by atoms with Crippen LogP contribution < -0.4 is 4.74 Å². The van der Waals surface area contributed by atoms with Crippen molar-refractivity contribution in [1.82, 2.24) is 4.90 Å². The number of hydrogen-bond acceptors (Lipinski definition) is 4. The highest BCUT2D eigenvalue weighted by Gasteiger charge is 2.34. The summed E-state index contributed by atoms with van der Waals surface area (Å²) in [4.78, 5) is 2.68. The second kappa shape index (κ2) is 7.98. The third-order valence-electron chi connectivity index (χ3n) is 6.59. The molecule has 1 aromatic carbocycles. The quantitative estimate of drug-likeness (QED) is 0.818. The molecule has 0 bridgehead atoms. The predicted molar refractivity (Wildman–Crippen MR) is 101 cm³/mol. The molecule has 0 amide bonds. The van der Waals surface area contributed by atoms with Crippen LogP contribution in [-0.4, -0.2) is 43.3 Å². The molecule has 0 N–H and O–H groups in total. The van der Waals surface area contributed by atoms with Crippen molar-refractivity contribution in [1.29, 1.82) is 5.26 Å². The normalized spacial score (nSPS) is 25.0. The first-order chi connectivity index (χ1) is 12.8. The Morgan fingerprint density at radius 1 is 1.00 bits per heavy atom. The van der Waals surface area contributed by atoms with Crippen molar-refractivity contribution < 1.29 is 9.47 Å². The number of benzene rings is 1. The molecule has 4 nitrogen and oxygen atoms in total. The number of rotatable bonds is 4. The van der Waals surface area contributed by atoms with E-state index in [0.717, 1.165) is 43.0 Å². The molecule has 4 heteroatoms. The fourth-order valence-corrected chi connectivity index (χ4v) is 4.86. The van der Waals surface area contributed by atoms with Gasteiger partial charge in [-0.05, 0) is 56.2 Å². The molecular weight excluding hydrogens is 324 g/mol. The number of ether oxygens (including phenoxy) is 2. The van der Waals surface area contributed by atoms with Crippen LogP contribution in [0.25, 0.3) is 0 Å². The molecule has 3 fully saturated rings. The first-order valence-electron chi connectivity index (χ1n) is 10.3. The standard InChI is InChI=1S/C22H30N2O2/c23-17-22(11-15-25-16-12-22)18-5-7-20(8-6-18)26-21-9-13-24(14-10-21)19-3-1-2-4-19/h5-8,19,21H,1-4,9-16H2. The Balaban J connectivity index is 1.32. The van der Waals surface area contributed by atoms with Crippen LogP contribution in [0, 0.1) is 11.3 Å². The number of piperidine rings is 1. The van der Waals surface area contributed by atoms with Crippen LogP contribution >= 0.6 is 0 Å². The Bertz CT molecular complexity index is 617. The monoisotopic (exact) mass is 354 g/mol. The van der Waals surface area contributed by atoms with E-state index in [4.69, 9.17) is 9.47 Å². The maximum Gasteiger partial charge on any atom is 0.119 e. The van der Waals surface area contributed by atoms with Crippen molar-refractivity contribution >= 4 is 0 Å². The number of nitrogens with zero attached hydrogens (tertiary/aromatic N) is 2. The zero-order chi connectivity index (χ0) is 17.8. The summed E-state index contributed by atoms with van der Waals surface area (Å²) >= 11 is 0. The number of hydrogen-bond donors (Lipinski definition) is 0. The van der Waals surface area contributed by atoms with Crippen LogP contribution in [0.3, 0.4) is 0 Å². The van der Waals surface area contributed by atoms with Crippen molar-refractivity contribution in [3.8, 4) is 11.8 Å². The minimum absolute atomic E-state index is 0.325. The Morgan fingerprint density at radius 3 is 2.27 bits per heavy atom. The molecule has 0 unspecified atom stereocenters. The molecule has 2 aliphatic heterocycles. The van der Waals surface area contributed by atoms with E-state index < -0.39 is 0 Å². The molecule has 4 rings (SSSR count). The smallest absolute Gasteiger partial charge is 0.119 e. The van der Waals surface area contributed by atoms with E-state index in [9.17, 15) is 5.26 Å². The van der Waals surface area contributed by atoms with Gasteiger partial charge in [0.25, 0.3) is 0 Å². The first-order valence-corrected chi connectivity index (χ1v) is 10.3. The van der Waals surface area contributed by atoms with Gasteiger partial charge in [-0.15, -0.1) is 0 Å². The van der Waals surface area contributed by atoms with Crippen LogP contribution in [0.2, 0.25) is 0 Å².